The third-order valence-corrected chi connectivity index (χ3v) is 4.09. The van der Waals surface area contributed by atoms with Gasteiger partial charge in [0.25, 0.3) is 0 Å². The topological polar surface area (TPSA) is 99.4 Å². The minimum atomic E-state index is 0.0421. The highest BCUT2D eigenvalue weighted by Crippen LogP contribution is 2.27. The summed E-state index contributed by atoms with van der Waals surface area (Å²) >= 11 is 0. The van der Waals surface area contributed by atoms with E-state index in [0.717, 1.165) is 43.9 Å². The summed E-state index contributed by atoms with van der Waals surface area (Å²) in [5.41, 5.74) is 3.71. The standard InChI is InChI=1S/C13H21N7O/c1-2-3-10-11(18-14)16-8-17-12(10)19-4-5-20-9(7-19)6-15-13(20)21/h8-9H,2-7,14H2,1H3,(H,15,21)(H,16,17,18). The zero-order chi connectivity index (χ0) is 14.8. The smallest absolute Gasteiger partial charge is 0.317 e. The van der Waals surface area contributed by atoms with E-state index in [9.17, 15) is 4.79 Å². The van der Waals surface area contributed by atoms with Crippen molar-refractivity contribution in [2.24, 2.45) is 5.84 Å². The van der Waals surface area contributed by atoms with Crippen molar-refractivity contribution >= 4 is 17.7 Å². The monoisotopic (exact) mass is 291 g/mol. The Morgan fingerprint density at radius 1 is 1.48 bits per heavy atom. The molecule has 1 atom stereocenters. The Balaban J connectivity index is 1.85. The van der Waals surface area contributed by atoms with Gasteiger partial charge >= 0.3 is 6.03 Å². The first-order chi connectivity index (χ1) is 10.2. The molecule has 21 heavy (non-hydrogen) atoms. The number of nitrogens with two attached hydrogens (primary N) is 1. The third-order valence-electron chi connectivity index (χ3n) is 4.09. The maximum absolute atomic E-state index is 11.7. The fourth-order valence-electron chi connectivity index (χ4n) is 3.08. The number of hydrogen-bond acceptors (Lipinski definition) is 6. The fourth-order valence-corrected chi connectivity index (χ4v) is 3.08. The molecule has 2 aliphatic heterocycles. The highest BCUT2D eigenvalue weighted by molar-refractivity contribution is 5.77. The van der Waals surface area contributed by atoms with Gasteiger partial charge in [-0.15, -0.1) is 0 Å². The van der Waals surface area contributed by atoms with Crippen LogP contribution in [0.15, 0.2) is 6.33 Å². The van der Waals surface area contributed by atoms with E-state index in [0.29, 0.717) is 12.4 Å². The number of hydrogen-bond donors (Lipinski definition) is 3. The number of aromatic nitrogens is 2. The number of fused-ring (bicyclic) bond motifs is 1. The van der Waals surface area contributed by atoms with Crippen molar-refractivity contribution in [2.45, 2.75) is 25.8 Å². The predicted molar refractivity (Wildman–Crippen MR) is 79.9 cm³/mol. The molecule has 0 spiro atoms. The highest BCUT2D eigenvalue weighted by atomic mass is 16.2. The molecule has 0 aromatic carbocycles. The van der Waals surface area contributed by atoms with Crippen LogP contribution in [0.1, 0.15) is 18.9 Å². The van der Waals surface area contributed by atoms with Crippen molar-refractivity contribution in [1.82, 2.24) is 20.2 Å². The summed E-state index contributed by atoms with van der Waals surface area (Å²) in [6, 6.07) is 0.255. The van der Waals surface area contributed by atoms with Crippen LogP contribution in [0, 0.1) is 0 Å². The Hall–Kier alpha value is -2.09. The summed E-state index contributed by atoms with van der Waals surface area (Å²) in [7, 11) is 0. The van der Waals surface area contributed by atoms with Crippen LogP contribution in [0.2, 0.25) is 0 Å². The molecule has 1 aromatic rings. The number of nitrogens with one attached hydrogen (secondary N) is 2. The molecule has 3 rings (SSSR count). The number of nitrogens with zero attached hydrogens (tertiary/aromatic N) is 4. The minimum absolute atomic E-state index is 0.0421. The molecular formula is C13H21N7O. The zero-order valence-corrected chi connectivity index (χ0v) is 12.2. The molecule has 2 amide bonds. The van der Waals surface area contributed by atoms with Crippen molar-refractivity contribution in [3.8, 4) is 0 Å². The number of amides is 2. The quantitative estimate of drug-likeness (QED) is 0.530. The van der Waals surface area contributed by atoms with Gasteiger partial charge in [0.2, 0.25) is 0 Å². The van der Waals surface area contributed by atoms with E-state index < -0.39 is 0 Å². The van der Waals surface area contributed by atoms with E-state index in [2.05, 4.69) is 32.5 Å². The molecule has 3 heterocycles. The molecule has 1 aromatic heterocycles. The predicted octanol–water partition coefficient (Wildman–Crippen LogP) is -0.0715. The number of rotatable bonds is 4. The Morgan fingerprint density at radius 3 is 3.10 bits per heavy atom. The molecule has 2 fully saturated rings. The molecule has 114 valence electrons. The van der Waals surface area contributed by atoms with Crippen LogP contribution in [-0.4, -0.2) is 53.1 Å². The van der Waals surface area contributed by atoms with E-state index in [-0.39, 0.29) is 12.1 Å². The molecule has 0 aliphatic carbocycles. The number of nitrogen functional groups attached to an aromatic ring is 1. The fraction of sp³-hybridized carbons (Fsp3) is 0.615. The Bertz CT molecular complexity index is 535. The SMILES string of the molecule is CCCc1c(NN)ncnc1N1CCN2C(=O)NCC2C1. The van der Waals surface area contributed by atoms with Gasteiger partial charge in [-0.2, -0.15) is 0 Å². The lowest BCUT2D eigenvalue weighted by Crippen LogP contribution is -2.52. The minimum Gasteiger partial charge on any atom is -0.352 e. The third kappa shape index (κ3) is 2.46. The van der Waals surface area contributed by atoms with Crippen molar-refractivity contribution in [3.63, 3.8) is 0 Å². The number of urea groups is 1. The molecule has 0 saturated carbocycles. The van der Waals surface area contributed by atoms with Crippen LogP contribution in [-0.2, 0) is 6.42 Å². The molecule has 1 unspecified atom stereocenters. The number of anilines is 2. The van der Waals surface area contributed by atoms with E-state index in [1.54, 1.807) is 0 Å². The zero-order valence-electron chi connectivity index (χ0n) is 12.2. The highest BCUT2D eigenvalue weighted by Gasteiger charge is 2.36. The second-order valence-corrected chi connectivity index (χ2v) is 5.40. The second-order valence-electron chi connectivity index (χ2n) is 5.40. The average molecular weight is 291 g/mol. The van der Waals surface area contributed by atoms with Gasteiger partial charge in [-0.3, -0.25) is 0 Å². The van der Waals surface area contributed by atoms with Crippen molar-refractivity contribution in [3.05, 3.63) is 11.9 Å². The van der Waals surface area contributed by atoms with Crippen LogP contribution in [0.4, 0.5) is 16.4 Å². The summed E-state index contributed by atoms with van der Waals surface area (Å²) in [5, 5.41) is 2.89. The number of carbonyl (C=O) groups is 1. The average Bonchev–Trinajstić information content (AvgIpc) is 2.88. The first kappa shape index (κ1) is 13.9. The van der Waals surface area contributed by atoms with Gasteiger partial charge in [0.15, 0.2) is 0 Å². The van der Waals surface area contributed by atoms with E-state index in [1.165, 1.54) is 6.33 Å². The lowest BCUT2D eigenvalue weighted by atomic mass is 10.1. The maximum Gasteiger partial charge on any atom is 0.317 e. The normalized spacial score (nSPS) is 21.2. The second kappa shape index (κ2) is 5.72. The van der Waals surface area contributed by atoms with Gasteiger partial charge in [0.1, 0.15) is 18.0 Å². The first-order valence-electron chi connectivity index (χ1n) is 7.34. The van der Waals surface area contributed by atoms with Crippen molar-refractivity contribution in [2.75, 3.05) is 36.5 Å². The molecule has 2 aliphatic rings. The van der Waals surface area contributed by atoms with Gasteiger partial charge in [0, 0.05) is 31.7 Å². The maximum atomic E-state index is 11.7. The lowest BCUT2D eigenvalue weighted by molar-refractivity contribution is 0.197. The van der Waals surface area contributed by atoms with Gasteiger partial charge < -0.3 is 20.5 Å². The summed E-state index contributed by atoms with van der Waals surface area (Å²) in [5.74, 6) is 7.18. The van der Waals surface area contributed by atoms with Crippen molar-refractivity contribution < 1.29 is 4.79 Å². The summed E-state index contributed by atoms with van der Waals surface area (Å²) < 4.78 is 0. The molecule has 0 bridgehead atoms. The van der Waals surface area contributed by atoms with E-state index >= 15 is 0 Å². The van der Waals surface area contributed by atoms with Gasteiger partial charge in [-0.1, -0.05) is 13.3 Å². The lowest BCUT2D eigenvalue weighted by Gasteiger charge is -2.37. The van der Waals surface area contributed by atoms with Crippen LogP contribution in [0.5, 0.6) is 0 Å². The Morgan fingerprint density at radius 2 is 2.33 bits per heavy atom. The number of hydrazine groups is 1. The van der Waals surface area contributed by atoms with Crippen LogP contribution in [0.3, 0.4) is 0 Å². The Kier molecular flexibility index (Phi) is 3.78. The number of piperazine rings is 1. The van der Waals surface area contributed by atoms with Crippen LogP contribution in [0.25, 0.3) is 0 Å². The Labute approximate surface area is 123 Å². The summed E-state index contributed by atoms with van der Waals surface area (Å²) in [4.78, 5) is 24.5. The molecule has 0 radical (unpaired) electrons. The van der Waals surface area contributed by atoms with Gasteiger partial charge in [-0.05, 0) is 6.42 Å². The van der Waals surface area contributed by atoms with Crippen LogP contribution < -0.4 is 21.5 Å². The molecule has 8 nitrogen and oxygen atoms in total. The van der Waals surface area contributed by atoms with Gasteiger partial charge in [-0.25, -0.2) is 20.6 Å². The van der Waals surface area contributed by atoms with Crippen LogP contribution >= 0.6 is 0 Å². The molecule has 8 heteroatoms. The van der Waals surface area contributed by atoms with E-state index in [1.807, 2.05) is 4.90 Å². The first-order valence-corrected chi connectivity index (χ1v) is 7.34. The molecular weight excluding hydrogens is 270 g/mol. The van der Waals surface area contributed by atoms with E-state index in [4.69, 9.17) is 5.84 Å². The molecule has 2 saturated heterocycles. The van der Waals surface area contributed by atoms with Gasteiger partial charge in [0.05, 0.1) is 6.04 Å². The largest absolute Gasteiger partial charge is 0.352 e. The van der Waals surface area contributed by atoms with Crippen molar-refractivity contribution in [1.29, 1.82) is 0 Å². The molecule has 4 N–H and O–H groups in total. The summed E-state index contributed by atoms with van der Waals surface area (Å²) in [6.07, 6.45) is 3.41. The number of carbonyl (C=O) groups excluding carboxylic acids is 1. The summed E-state index contributed by atoms with van der Waals surface area (Å²) in [6.45, 7) is 5.11.